The minimum absolute atomic E-state index is 0.132. The van der Waals surface area contributed by atoms with Crippen LogP contribution in [-0.2, 0) is 12.5 Å². The number of rotatable bonds is 7. The Bertz CT molecular complexity index is 1210. The fourth-order valence-corrected chi connectivity index (χ4v) is 3.32. The number of aromatic nitrogens is 6. The number of ether oxygens (including phenoxy) is 2. The lowest BCUT2D eigenvalue weighted by molar-refractivity contribution is 0.289. The smallest absolute Gasteiger partial charge is 0.278 e. The maximum atomic E-state index is 12.5. The number of nitrogens with two attached hydrogens (primary N) is 1. The van der Waals surface area contributed by atoms with Crippen molar-refractivity contribution >= 4 is 22.7 Å². The van der Waals surface area contributed by atoms with E-state index in [4.69, 9.17) is 15.3 Å². The van der Waals surface area contributed by atoms with Gasteiger partial charge in [0, 0.05) is 6.07 Å². The van der Waals surface area contributed by atoms with Gasteiger partial charge in [-0.2, -0.15) is 4.68 Å². The summed E-state index contributed by atoms with van der Waals surface area (Å²) >= 11 is 1.22. The number of fused-ring (bicyclic) bond motifs is 1. The summed E-state index contributed by atoms with van der Waals surface area (Å²) < 4.78 is 13.4. The van der Waals surface area contributed by atoms with E-state index in [1.54, 1.807) is 37.4 Å². The first-order valence-corrected chi connectivity index (χ1v) is 9.56. The van der Waals surface area contributed by atoms with Gasteiger partial charge < -0.3 is 15.3 Å². The highest BCUT2D eigenvalue weighted by molar-refractivity contribution is 7.98. The number of nitrogen functional groups attached to an aromatic ring is 1. The Kier molecular flexibility index (Phi) is 5.29. The average molecular weight is 411 g/mol. The maximum absolute atomic E-state index is 12.5. The second kappa shape index (κ2) is 8.19. The van der Waals surface area contributed by atoms with Crippen LogP contribution in [0, 0.1) is 0 Å². The molecule has 0 spiro atoms. The molecule has 0 saturated heterocycles. The van der Waals surface area contributed by atoms with Gasteiger partial charge in [0.1, 0.15) is 23.6 Å². The summed E-state index contributed by atoms with van der Waals surface area (Å²) in [5.41, 5.74) is 0.325. The summed E-state index contributed by atoms with van der Waals surface area (Å²) in [5, 5.41) is 17.0. The van der Waals surface area contributed by atoms with E-state index in [1.165, 1.54) is 21.1 Å². The van der Waals surface area contributed by atoms with Crippen LogP contribution in [0.2, 0.25) is 0 Å². The Morgan fingerprint density at radius 2 is 1.90 bits per heavy atom. The standard InChI is InChI=1S/C18H17N7O3S/c1-27-12-5-4-6-13(9-12)28-10-16-21-22-18(25(16)19)29-11-24-17(26)14-7-2-3-8-15(14)20-23-24/h2-9H,10-11,19H2,1H3. The van der Waals surface area contributed by atoms with Crippen LogP contribution in [0.4, 0.5) is 0 Å². The molecule has 0 bridgehead atoms. The lowest BCUT2D eigenvalue weighted by Gasteiger charge is -2.08. The normalized spacial score (nSPS) is 10.9. The van der Waals surface area contributed by atoms with Gasteiger partial charge in [0.25, 0.3) is 5.56 Å². The van der Waals surface area contributed by atoms with E-state index < -0.39 is 0 Å². The number of benzene rings is 2. The fraction of sp³-hybridized carbons (Fsp3) is 0.167. The van der Waals surface area contributed by atoms with Crippen LogP contribution in [0.15, 0.2) is 58.5 Å². The van der Waals surface area contributed by atoms with Crippen molar-refractivity contribution in [2.45, 2.75) is 17.6 Å². The van der Waals surface area contributed by atoms with Gasteiger partial charge in [0.2, 0.25) is 5.16 Å². The molecule has 2 aromatic heterocycles. The van der Waals surface area contributed by atoms with Gasteiger partial charge >= 0.3 is 0 Å². The second-order valence-corrected chi connectivity index (χ2v) is 6.83. The molecule has 0 saturated carbocycles. The van der Waals surface area contributed by atoms with Crippen molar-refractivity contribution in [2.24, 2.45) is 0 Å². The Morgan fingerprint density at radius 1 is 1.07 bits per heavy atom. The quantitative estimate of drug-likeness (QED) is 0.355. The first-order chi connectivity index (χ1) is 14.2. The number of methoxy groups -OCH3 is 1. The highest BCUT2D eigenvalue weighted by Crippen LogP contribution is 2.21. The number of hydrogen-bond acceptors (Lipinski definition) is 9. The molecule has 4 aromatic rings. The van der Waals surface area contributed by atoms with E-state index in [1.807, 2.05) is 18.2 Å². The highest BCUT2D eigenvalue weighted by Gasteiger charge is 2.13. The molecule has 2 heterocycles. The second-order valence-electron chi connectivity index (χ2n) is 5.92. The third-order valence-corrected chi connectivity index (χ3v) is 5.00. The molecule has 4 rings (SSSR count). The fourth-order valence-electron chi connectivity index (χ4n) is 2.57. The molecule has 11 heteroatoms. The van der Waals surface area contributed by atoms with Crippen LogP contribution in [0.3, 0.4) is 0 Å². The largest absolute Gasteiger partial charge is 0.497 e. The third-order valence-electron chi connectivity index (χ3n) is 4.09. The Labute approximate surface area is 169 Å². The lowest BCUT2D eigenvalue weighted by atomic mass is 10.2. The zero-order chi connectivity index (χ0) is 20.2. The van der Waals surface area contributed by atoms with Crippen molar-refractivity contribution in [3.63, 3.8) is 0 Å². The lowest BCUT2D eigenvalue weighted by Crippen LogP contribution is -2.23. The highest BCUT2D eigenvalue weighted by atomic mass is 32.2. The molecular weight excluding hydrogens is 394 g/mol. The summed E-state index contributed by atoms with van der Waals surface area (Å²) in [4.78, 5) is 12.5. The van der Waals surface area contributed by atoms with E-state index in [0.29, 0.717) is 33.4 Å². The van der Waals surface area contributed by atoms with Gasteiger partial charge in [-0.15, -0.1) is 15.3 Å². The zero-order valence-corrected chi connectivity index (χ0v) is 16.2. The van der Waals surface area contributed by atoms with Gasteiger partial charge in [0.05, 0.1) is 18.4 Å². The van der Waals surface area contributed by atoms with Crippen molar-refractivity contribution in [3.05, 3.63) is 64.7 Å². The first kappa shape index (κ1) is 18.7. The monoisotopic (exact) mass is 411 g/mol. The van der Waals surface area contributed by atoms with Crippen LogP contribution in [0.1, 0.15) is 5.82 Å². The van der Waals surface area contributed by atoms with Gasteiger partial charge in [-0.05, 0) is 24.3 Å². The molecule has 10 nitrogen and oxygen atoms in total. The first-order valence-electron chi connectivity index (χ1n) is 8.57. The molecule has 0 unspecified atom stereocenters. The van der Waals surface area contributed by atoms with Crippen molar-refractivity contribution in [1.82, 2.24) is 29.9 Å². The van der Waals surface area contributed by atoms with E-state index in [9.17, 15) is 4.79 Å². The maximum Gasteiger partial charge on any atom is 0.278 e. The topological polar surface area (TPSA) is 123 Å². The van der Waals surface area contributed by atoms with Gasteiger partial charge in [-0.25, -0.2) is 4.68 Å². The van der Waals surface area contributed by atoms with Crippen LogP contribution in [0.5, 0.6) is 11.5 Å². The molecule has 2 aromatic carbocycles. The Balaban J connectivity index is 1.44. The third kappa shape index (κ3) is 3.99. The van der Waals surface area contributed by atoms with Gasteiger partial charge in [0.15, 0.2) is 5.82 Å². The molecule has 0 atom stereocenters. The zero-order valence-electron chi connectivity index (χ0n) is 15.4. The minimum atomic E-state index is -0.229. The van der Waals surface area contributed by atoms with Crippen LogP contribution >= 0.6 is 11.8 Å². The molecule has 148 valence electrons. The molecule has 0 fully saturated rings. The van der Waals surface area contributed by atoms with E-state index in [2.05, 4.69) is 20.5 Å². The molecule has 0 amide bonds. The number of hydrogen-bond donors (Lipinski definition) is 1. The summed E-state index contributed by atoms with van der Waals surface area (Å²) in [7, 11) is 1.59. The van der Waals surface area contributed by atoms with Crippen molar-refractivity contribution in [1.29, 1.82) is 0 Å². The van der Waals surface area contributed by atoms with E-state index >= 15 is 0 Å². The van der Waals surface area contributed by atoms with Crippen LogP contribution in [-0.4, -0.2) is 37.0 Å². The summed E-state index contributed by atoms with van der Waals surface area (Å²) in [5.74, 6) is 8.01. The Hall–Kier alpha value is -3.60. The van der Waals surface area contributed by atoms with E-state index in [0.717, 1.165) is 0 Å². The molecule has 2 N–H and O–H groups in total. The van der Waals surface area contributed by atoms with Crippen molar-refractivity contribution in [2.75, 3.05) is 13.0 Å². The summed E-state index contributed by atoms with van der Waals surface area (Å²) in [6, 6.07) is 14.3. The average Bonchev–Trinajstić information content (AvgIpc) is 3.11. The molecule has 0 aliphatic carbocycles. The molecule has 0 aliphatic rings. The predicted octanol–water partition coefficient (Wildman–Crippen LogP) is 1.43. The Morgan fingerprint density at radius 3 is 2.76 bits per heavy atom. The predicted molar refractivity (Wildman–Crippen MR) is 107 cm³/mol. The SMILES string of the molecule is COc1cccc(OCc2nnc(SCn3nnc4ccccc4c3=O)n2N)c1. The minimum Gasteiger partial charge on any atom is -0.497 e. The van der Waals surface area contributed by atoms with Crippen LogP contribution in [0.25, 0.3) is 10.9 Å². The molecule has 29 heavy (non-hydrogen) atoms. The van der Waals surface area contributed by atoms with E-state index in [-0.39, 0.29) is 18.0 Å². The number of thioether (sulfide) groups is 1. The molecular formula is C18H17N7O3S. The van der Waals surface area contributed by atoms with Crippen molar-refractivity contribution in [3.8, 4) is 11.5 Å². The summed E-state index contributed by atoms with van der Waals surface area (Å²) in [6.45, 7) is 0.132. The van der Waals surface area contributed by atoms with Gasteiger partial charge in [-0.3, -0.25) is 4.79 Å². The molecule has 0 radical (unpaired) electrons. The van der Waals surface area contributed by atoms with Crippen molar-refractivity contribution < 1.29 is 9.47 Å². The number of nitrogens with zero attached hydrogens (tertiary/aromatic N) is 6. The molecule has 0 aliphatic heterocycles. The summed E-state index contributed by atoms with van der Waals surface area (Å²) in [6.07, 6.45) is 0. The van der Waals surface area contributed by atoms with Crippen LogP contribution < -0.4 is 20.9 Å². The van der Waals surface area contributed by atoms with Gasteiger partial charge in [-0.1, -0.05) is 35.2 Å².